The van der Waals surface area contributed by atoms with Gasteiger partial charge in [0, 0.05) is 6.54 Å². The number of nitrogens with one attached hydrogen (secondary N) is 1. The number of aliphatic imine (C=N–C) groups is 1. The summed E-state index contributed by atoms with van der Waals surface area (Å²) in [4.78, 5) is 4.18. The monoisotopic (exact) mass is 365 g/mol. The van der Waals surface area contributed by atoms with Gasteiger partial charge in [0.2, 0.25) is 0 Å². The molecule has 1 fully saturated rings. The van der Waals surface area contributed by atoms with Gasteiger partial charge in [-0.3, -0.25) is 0 Å². The molecular weight excluding hydrogens is 337 g/mol. The highest BCUT2D eigenvalue weighted by atomic mass is 127. The largest absolute Gasteiger partial charge is 0.370 e. The lowest BCUT2D eigenvalue weighted by molar-refractivity contribution is 0.473. The fraction of sp³-hybridized carbons (Fsp3) is 0.786. The van der Waals surface area contributed by atoms with Crippen molar-refractivity contribution in [2.75, 3.05) is 13.1 Å². The molecule has 1 aliphatic rings. The number of nitrogens with two attached hydrogens (primary N) is 1. The molecule has 0 amide bonds. The summed E-state index contributed by atoms with van der Waals surface area (Å²) >= 11 is 0. The number of unbranched alkanes of at least 4 members (excludes halogenated alkanes) is 1. The van der Waals surface area contributed by atoms with Gasteiger partial charge in [-0.2, -0.15) is 0 Å². The molecule has 4 heteroatoms. The van der Waals surface area contributed by atoms with Crippen molar-refractivity contribution in [1.82, 2.24) is 5.32 Å². The Hall–Kier alpha value is -0.260. The van der Waals surface area contributed by atoms with Crippen LogP contribution in [-0.2, 0) is 0 Å². The Kier molecular flexibility index (Phi) is 10.5. The van der Waals surface area contributed by atoms with Gasteiger partial charge in [-0.25, -0.2) is 4.99 Å². The van der Waals surface area contributed by atoms with Crippen molar-refractivity contribution in [2.24, 2.45) is 16.6 Å². The molecule has 0 spiro atoms. The van der Waals surface area contributed by atoms with Gasteiger partial charge in [-0.05, 0) is 19.3 Å². The number of guanidine groups is 1. The summed E-state index contributed by atoms with van der Waals surface area (Å²) in [6, 6.07) is 0. The van der Waals surface area contributed by atoms with Crippen molar-refractivity contribution in [3.63, 3.8) is 0 Å². The lowest BCUT2D eigenvalue weighted by Gasteiger charge is -2.09. The molecule has 1 rings (SSSR count). The molecule has 0 atom stereocenters. The van der Waals surface area contributed by atoms with E-state index in [1.807, 2.05) is 6.92 Å². The Morgan fingerprint density at radius 2 is 2.00 bits per heavy atom. The normalized spacial score (nSPS) is 16.4. The zero-order valence-electron chi connectivity index (χ0n) is 11.6. The lowest BCUT2D eigenvalue weighted by atomic mass is 10.0. The Labute approximate surface area is 129 Å². The topological polar surface area (TPSA) is 50.4 Å². The smallest absolute Gasteiger partial charge is 0.188 e. The Balaban J connectivity index is 0.00000289. The van der Waals surface area contributed by atoms with E-state index >= 15 is 0 Å². The first-order valence-electron chi connectivity index (χ1n) is 6.86. The van der Waals surface area contributed by atoms with Crippen LogP contribution in [-0.4, -0.2) is 19.0 Å². The molecule has 18 heavy (non-hydrogen) atoms. The maximum absolute atomic E-state index is 5.72. The second-order valence-electron chi connectivity index (χ2n) is 5.23. The Morgan fingerprint density at radius 1 is 1.33 bits per heavy atom. The van der Waals surface area contributed by atoms with Crippen LogP contribution in [0.4, 0.5) is 0 Å². The quantitative estimate of drug-likeness (QED) is 0.239. The maximum Gasteiger partial charge on any atom is 0.188 e. The van der Waals surface area contributed by atoms with Crippen LogP contribution in [0.25, 0.3) is 0 Å². The molecule has 3 nitrogen and oxygen atoms in total. The van der Waals surface area contributed by atoms with E-state index in [-0.39, 0.29) is 24.0 Å². The van der Waals surface area contributed by atoms with E-state index in [1.54, 1.807) is 0 Å². The standard InChI is InChI=1S/C14H27N3.HI/c1-12(2)11-17-14(15)16-10-6-5-9-13-7-3-4-8-13;/h13H,1,3-11H2,2H3,(H3,15,16,17);1H. The first kappa shape index (κ1) is 17.7. The fourth-order valence-electron chi connectivity index (χ4n) is 2.35. The minimum Gasteiger partial charge on any atom is -0.370 e. The minimum atomic E-state index is 0. The Bertz CT molecular complexity index is 258. The minimum absolute atomic E-state index is 0. The SMILES string of the molecule is C=C(C)CN=C(N)NCCCCC1CCCC1.I. The molecular formula is C14H28IN3. The molecule has 0 aromatic rings. The van der Waals surface area contributed by atoms with Crippen LogP contribution in [0, 0.1) is 5.92 Å². The number of hydrogen-bond acceptors (Lipinski definition) is 1. The predicted molar refractivity (Wildman–Crippen MR) is 90.5 cm³/mol. The van der Waals surface area contributed by atoms with Crippen molar-refractivity contribution in [2.45, 2.75) is 51.9 Å². The number of hydrogen-bond donors (Lipinski definition) is 2. The first-order chi connectivity index (χ1) is 8.18. The van der Waals surface area contributed by atoms with Crippen LogP contribution < -0.4 is 11.1 Å². The van der Waals surface area contributed by atoms with Crippen LogP contribution >= 0.6 is 24.0 Å². The van der Waals surface area contributed by atoms with E-state index < -0.39 is 0 Å². The van der Waals surface area contributed by atoms with Crippen molar-refractivity contribution < 1.29 is 0 Å². The third-order valence-corrected chi connectivity index (χ3v) is 3.34. The summed E-state index contributed by atoms with van der Waals surface area (Å²) in [5, 5.41) is 3.15. The van der Waals surface area contributed by atoms with E-state index in [1.165, 1.54) is 44.9 Å². The molecule has 0 heterocycles. The van der Waals surface area contributed by atoms with Gasteiger partial charge in [0.05, 0.1) is 6.54 Å². The second kappa shape index (κ2) is 10.6. The van der Waals surface area contributed by atoms with Crippen LogP contribution in [0.2, 0.25) is 0 Å². The molecule has 106 valence electrons. The van der Waals surface area contributed by atoms with Gasteiger partial charge in [0.25, 0.3) is 0 Å². The molecule has 0 saturated heterocycles. The average molecular weight is 365 g/mol. The van der Waals surface area contributed by atoms with Crippen LogP contribution in [0.1, 0.15) is 51.9 Å². The zero-order chi connectivity index (χ0) is 12.5. The predicted octanol–water partition coefficient (Wildman–Crippen LogP) is 3.45. The molecule has 0 bridgehead atoms. The third kappa shape index (κ3) is 8.78. The molecule has 1 aliphatic carbocycles. The lowest BCUT2D eigenvalue weighted by Crippen LogP contribution is -2.32. The van der Waals surface area contributed by atoms with Crippen molar-refractivity contribution in [1.29, 1.82) is 0 Å². The van der Waals surface area contributed by atoms with Crippen LogP contribution in [0.15, 0.2) is 17.1 Å². The van der Waals surface area contributed by atoms with E-state index in [2.05, 4.69) is 16.9 Å². The third-order valence-electron chi connectivity index (χ3n) is 3.34. The summed E-state index contributed by atoms with van der Waals surface area (Å²) in [5.74, 6) is 1.55. The molecule has 0 unspecified atom stereocenters. The van der Waals surface area contributed by atoms with Crippen molar-refractivity contribution >= 4 is 29.9 Å². The van der Waals surface area contributed by atoms with E-state index in [0.717, 1.165) is 18.0 Å². The van der Waals surface area contributed by atoms with E-state index in [4.69, 9.17) is 5.73 Å². The van der Waals surface area contributed by atoms with Gasteiger partial charge >= 0.3 is 0 Å². The second-order valence-corrected chi connectivity index (χ2v) is 5.23. The van der Waals surface area contributed by atoms with E-state index in [9.17, 15) is 0 Å². The van der Waals surface area contributed by atoms with Gasteiger partial charge in [-0.1, -0.05) is 50.7 Å². The highest BCUT2D eigenvalue weighted by Crippen LogP contribution is 2.28. The number of nitrogens with zero attached hydrogens (tertiary/aromatic N) is 1. The molecule has 0 radical (unpaired) electrons. The summed E-state index contributed by atoms with van der Waals surface area (Å²) in [7, 11) is 0. The average Bonchev–Trinajstić information content (AvgIpc) is 2.79. The fourth-order valence-corrected chi connectivity index (χ4v) is 2.35. The van der Waals surface area contributed by atoms with Gasteiger partial charge < -0.3 is 11.1 Å². The summed E-state index contributed by atoms with van der Waals surface area (Å²) in [5.41, 5.74) is 6.76. The van der Waals surface area contributed by atoms with Crippen LogP contribution in [0.3, 0.4) is 0 Å². The molecule has 0 aromatic carbocycles. The van der Waals surface area contributed by atoms with Gasteiger partial charge in [0.15, 0.2) is 5.96 Å². The molecule has 0 aromatic heterocycles. The molecule has 3 N–H and O–H groups in total. The van der Waals surface area contributed by atoms with Crippen LogP contribution in [0.5, 0.6) is 0 Å². The number of halogens is 1. The molecule has 1 saturated carbocycles. The summed E-state index contributed by atoms with van der Waals surface area (Å²) in [6.07, 6.45) is 9.70. The highest BCUT2D eigenvalue weighted by molar-refractivity contribution is 14.0. The number of rotatable bonds is 7. The maximum atomic E-state index is 5.72. The Morgan fingerprint density at radius 3 is 2.61 bits per heavy atom. The van der Waals surface area contributed by atoms with E-state index in [0.29, 0.717) is 12.5 Å². The highest BCUT2D eigenvalue weighted by Gasteiger charge is 2.13. The summed E-state index contributed by atoms with van der Waals surface area (Å²) in [6.45, 7) is 7.32. The van der Waals surface area contributed by atoms with Crippen molar-refractivity contribution in [3.05, 3.63) is 12.2 Å². The van der Waals surface area contributed by atoms with Gasteiger partial charge in [-0.15, -0.1) is 24.0 Å². The zero-order valence-corrected chi connectivity index (χ0v) is 13.9. The molecule has 0 aliphatic heterocycles. The van der Waals surface area contributed by atoms with Gasteiger partial charge in [0.1, 0.15) is 0 Å². The van der Waals surface area contributed by atoms with Crippen molar-refractivity contribution in [3.8, 4) is 0 Å². The summed E-state index contributed by atoms with van der Waals surface area (Å²) < 4.78 is 0. The first-order valence-corrected chi connectivity index (χ1v) is 6.86.